The van der Waals surface area contributed by atoms with Gasteiger partial charge in [0.2, 0.25) is 5.91 Å². The van der Waals surface area contributed by atoms with Gasteiger partial charge in [-0.1, -0.05) is 123 Å². The first-order valence-corrected chi connectivity index (χ1v) is 16.7. The van der Waals surface area contributed by atoms with E-state index in [0.29, 0.717) is 6.42 Å². The Kier molecular flexibility index (Phi) is 22.6. The lowest BCUT2D eigenvalue weighted by Crippen LogP contribution is -2.59. The molecule has 242 valence electrons. The van der Waals surface area contributed by atoms with Crippen molar-refractivity contribution in [3.05, 3.63) is 12.2 Å². The molecule has 0 saturated carbocycles. The average Bonchev–Trinajstić information content (AvgIpc) is 2.97. The molecule has 4 unspecified atom stereocenters. The number of aliphatic hydroxyl groups excluding tert-OH is 4. The maximum atomic E-state index is 12.7. The SMILES string of the molecule is CCCCCCCCCCCCC/C=C/[C@H](C)[C@H](COC1OC(CO)[C@@H](O)C(O)C1O)NC(=O)CCCCCCC. The monoisotopic (exact) mass is 585 g/mol. The molecule has 7 atom stereocenters. The summed E-state index contributed by atoms with van der Waals surface area (Å²) in [7, 11) is 0. The molecule has 0 bridgehead atoms. The van der Waals surface area contributed by atoms with E-state index >= 15 is 0 Å². The summed E-state index contributed by atoms with van der Waals surface area (Å²) in [6.07, 6.45) is 18.9. The van der Waals surface area contributed by atoms with Gasteiger partial charge >= 0.3 is 0 Å². The molecular formula is C33H63NO7. The quantitative estimate of drug-likeness (QED) is 0.0703. The molecule has 0 aromatic rings. The lowest BCUT2D eigenvalue weighted by molar-refractivity contribution is -0.302. The van der Waals surface area contributed by atoms with Gasteiger partial charge in [-0.05, 0) is 25.2 Å². The van der Waals surface area contributed by atoms with E-state index in [9.17, 15) is 25.2 Å². The topological polar surface area (TPSA) is 128 Å². The van der Waals surface area contributed by atoms with Crippen molar-refractivity contribution in [2.24, 2.45) is 5.92 Å². The van der Waals surface area contributed by atoms with Crippen LogP contribution < -0.4 is 5.32 Å². The van der Waals surface area contributed by atoms with Crippen LogP contribution in [0.5, 0.6) is 0 Å². The fourth-order valence-corrected chi connectivity index (χ4v) is 5.27. The fraction of sp³-hybridized carbons (Fsp3) is 0.909. The molecule has 5 N–H and O–H groups in total. The average molecular weight is 586 g/mol. The molecule has 8 nitrogen and oxygen atoms in total. The van der Waals surface area contributed by atoms with Crippen LogP contribution in [0.4, 0.5) is 0 Å². The first-order valence-electron chi connectivity index (χ1n) is 16.7. The Balaban J connectivity index is 2.50. The third kappa shape index (κ3) is 17.0. The molecule has 1 aliphatic rings. The lowest BCUT2D eigenvalue weighted by Gasteiger charge is -2.40. The van der Waals surface area contributed by atoms with E-state index in [1.54, 1.807) is 0 Å². The highest BCUT2D eigenvalue weighted by atomic mass is 16.7. The molecule has 0 aromatic carbocycles. The van der Waals surface area contributed by atoms with Crippen LogP contribution in [0.15, 0.2) is 12.2 Å². The summed E-state index contributed by atoms with van der Waals surface area (Å²) in [6, 6.07) is -0.348. The van der Waals surface area contributed by atoms with Crippen molar-refractivity contribution in [2.75, 3.05) is 13.2 Å². The second-order valence-electron chi connectivity index (χ2n) is 12.0. The van der Waals surface area contributed by atoms with Crippen LogP contribution in [0, 0.1) is 5.92 Å². The fourth-order valence-electron chi connectivity index (χ4n) is 5.27. The molecule has 0 spiro atoms. The lowest BCUT2D eigenvalue weighted by atomic mass is 9.98. The smallest absolute Gasteiger partial charge is 0.220 e. The highest BCUT2D eigenvalue weighted by Gasteiger charge is 2.44. The van der Waals surface area contributed by atoms with Crippen LogP contribution >= 0.6 is 0 Å². The zero-order valence-corrected chi connectivity index (χ0v) is 26.4. The second kappa shape index (κ2) is 24.4. The van der Waals surface area contributed by atoms with Crippen LogP contribution in [0.25, 0.3) is 0 Å². The molecule has 1 aliphatic heterocycles. The molecule has 1 fully saturated rings. The van der Waals surface area contributed by atoms with Crippen LogP contribution in [-0.4, -0.2) is 76.3 Å². The number of carbonyl (C=O) groups excluding carboxylic acids is 1. The Bertz CT molecular complexity index is 659. The first-order chi connectivity index (χ1) is 19.8. The molecule has 1 saturated heterocycles. The number of hydrogen-bond donors (Lipinski definition) is 5. The third-order valence-corrected chi connectivity index (χ3v) is 8.19. The number of ether oxygens (including phenoxy) is 2. The number of carbonyl (C=O) groups is 1. The van der Waals surface area contributed by atoms with Crippen LogP contribution in [0.2, 0.25) is 0 Å². The summed E-state index contributed by atoms with van der Waals surface area (Å²) in [5.74, 6) is -0.0499. The second-order valence-corrected chi connectivity index (χ2v) is 12.0. The molecule has 1 rings (SSSR count). The molecule has 1 heterocycles. The van der Waals surface area contributed by atoms with E-state index < -0.39 is 37.3 Å². The Morgan fingerprint density at radius 1 is 0.805 bits per heavy atom. The number of aliphatic hydroxyl groups is 4. The number of rotatable bonds is 25. The zero-order chi connectivity index (χ0) is 30.3. The van der Waals surface area contributed by atoms with Crippen LogP contribution in [-0.2, 0) is 14.3 Å². The molecule has 0 radical (unpaired) electrons. The minimum atomic E-state index is -1.50. The number of allylic oxidation sites excluding steroid dienone is 1. The van der Waals surface area contributed by atoms with Gasteiger partial charge in [-0.15, -0.1) is 0 Å². The standard InChI is InChI=1S/C33H63NO7/c1-4-6-8-10-11-12-13-14-15-16-17-19-20-22-26(3)27(34-29(36)23-21-18-9-7-5-2)25-40-33-32(39)31(38)30(37)28(24-35)41-33/h20,22,26-28,30-33,35,37-39H,4-19,21,23-25H2,1-3H3,(H,34,36)/b22-20+/t26-,27-,28?,30+,31?,32?,33?/m0/s1. The molecule has 41 heavy (non-hydrogen) atoms. The number of amides is 1. The zero-order valence-electron chi connectivity index (χ0n) is 26.4. The summed E-state index contributed by atoms with van der Waals surface area (Å²) in [5.41, 5.74) is 0. The van der Waals surface area contributed by atoms with Crippen molar-refractivity contribution < 1.29 is 34.7 Å². The van der Waals surface area contributed by atoms with E-state index in [1.807, 2.05) is 6.92 Å². The van der Waals surface area contributed by atoms with E-state index in [0.717, 1.165) is 38.5 Å². The van der Waals surface area contributed by atoms with Crippen molar-refractivity contribution in [3.8, 4) is 0 Å². The molecule has 8 heteroatoms. The molecule has 0 aromatic heterocycles. The van der Waals surface area contributed by atoms with Crippen molar-refractivity contribution in [1.82, 2.24) is 5.32 Å². The number of nitrogens with one attached hydrogen (secondary N) is 1. The van der Waals surface area contributed by atoms with Crippen molar-refractivity contribution in [3.63, 3.8) is 0 Å². The Labute approximate surface area is 250 Å². The summed E-state index contributed by atoms with van der Waals surface area (Å²) in [4.78, 5) is 12.7. The summed E-state index contributed by atoms with van der Waals surface area (Å²) in [5, 5.41) is 43.0. The van der Waals surface area contributed by atoms with Crippen LogP contribution in [0.1, 0.15) is 136 Å². The largest absolute Gasteiger partial charge is 0.394 e. The van der Waals surface area contributed by atoms with Gasteiger partial charge in [-0.3, -0.25) is 4.79 Å². The maximum Gasteiger partial charge on any atom is 0.220 e. The number of hydrogen-bond acceptors (Lipinski definition) is 7. The van der Waals surface area contributed by atoms with Crippen molar-refractivity contribution in [1.29, 1.82) is 0 Å². The van der Waals surface area contributed by atoms with Gasteiger partial charge in [0.25, 0.3) is 0 Å². The predicted molar refractivity (Wildman–Crippen MR) is 164 cm³/mol. The maximum absolute atomic E-state index is 12.7. The van der Waals surface area contributed by atoms with Gasteiger partial charge in [-0.25, -0.2) is 0 Å². The van der Waals surface area contributed by atoms with Crippen molar-refractivity contribution in [2.45, 2.75) is 173 Å². The summed E-state index contributed by atoms with van der Waals surface area (Å²) >= 11 is 0. The number of unbranched alkanes of at least 4 members (excludes halogenated alkanes) is 15. The van der Waals surface area contributed by atoms with Gasteiger partial charge < -0.3 is 35.2 Å². The van der Waals surface area contributed by atoms with E-state index in [4.69, 9.17) is 9.47 Å². The minimum absolute atomic E-state index is 0.0170. The summed E-state index contributed by atoms with van der Waals surface area (Å²) < 4.78 is 11.3. The van der Waals surface area contributed by atoms with Gasteiger partial charge in [0.05, 0.1) is 19.3 Å². The summed E-state index contributed by atoms with van der Waals surface area (Å²) in [6.45, 7) is 6.00. The Hall–Kier alpha value is -1.03. The van der Waals surface area contributed by atoms with E-state index in [-0.39, 0.29) is 24.5 Å². The van der Waals surface area contributed by atoms with E-state index in [1.165, 1.54) is 70.6 Å². The minimum Gasteiger partial charge on any atom is -0.394 e. The van der Waals surface area contributed by atoms with Gasteiger partial charge in [0.1, 0.15) is 24.4 Å². The highest BCUT2D eigenvalue weighted by Crippen LogP contribution is 2.23. The molecular weight excluding hydrogens is 522 g/mol. The molecule has 0 aliphatic carbocycles. The highest BCUT2D eigenvalue weighted by molar-refractivity contribution is 5.76. The van der Waals surface area contributed by atoms with Crippen molar-refractivity contribution >= 4 is 5.91 Å². The first kappa shape index (κ1) is 38.0. The van der Waals surface area contributed by atoms with Crippen LogP contribution in [0.3, 0.4) is 0 Å². The Morgan fingerprint density at radius 3 is 1.90 bits per heavy atom. The van der Waals surface area contributed by atoms with Gasteiger partial charge in [-0.2, -0.15) is 0 Å². The van der Waals surface area contributed by atoms with Gasteiger partial charge in [0, 0.05) is 6.42 Å². The third-order valence-electron chi connectivity index (χ3n) is 8.19. The van der Waals surface area contributed by atoms with Gasteiger partial charge in [0.15, 0.2) is 6.29 Å². The Morgan fingerprint density at radius 2 is 1.34 bits per heavy atom. The predicted octanol–water partition coefficient (Wildman–Crippen LogP) is 5.54. The normalized spacial score (nSPS) is 24.5. The van der Waals surface area contributed by atoms with E-state index in [2.05, 4.69) is 31.3 Å². The molecule has 1 amide bonds.